The molecule has 0 bridgehead atoms. The number of esters is 1. The van der Waals surface area contributed by atoms with Gasteiger partial charge in [0.1, 0.15) is 0 Å². The number of halogens is 2. The standard InChI is InChI=1S/C16H13F2N3O8S/c1-25-11-6-8(2-3-9(11)28-16(17)18)14-20-12(29-21-14)7-26-15(22)10-4-5-13(27-10)30(19,23)24/h2-6,16H,7H2,1H3,(H2,19,23,24). The lowest BCUT2D eigenvalue weighted by Gasteiger charge is -2.10. The van der Waals surface area contributed by atoms with Crippen molar-refractivity contribution in [3.05, 3.63) is 42.0 Å². The van der Waals surface area contributed by atoms with Crippen LogP contribution in [0.2, 0.25) is 0 Å². The van der Waals surface area contributed by atoms with E-state index in [4.69, 9.17) is 23.6 Å². The number of nitrogens with two attached hydrogens (primary N) is 1. The molecule has 0 radical (unpaired) electrons. The summed E-state index contributed by atoms with van der Waals surface area (Å²) < 4.78 is 71.1. The Morgan fingerprint density at radius 2 is 2.00 bits per heavy atom. The molecule has 2 aromatic heterocycles. The molecule has 0 amide bonds. The second kappa shape index (κ2) is 8.46. The van der Waals surface area contributed by atoms with Crippen LogP contribution >= 0.6 is 0 Å². The van der Waals surface area contributed by atoms with E-state index in [1.54, 1.807) is 0 Å². The van der Waals surface area contributed by atoms with Crippen molar-refractivity contribution in [3.8, 4) is 22.9 Å². The fourth-order valence-electron chi connectivity index (χ4n) is 2.21. The fourth-order valence-corrected chi connectivity index (χ4v) is 2.68. The molecule has 2 heterocycles. The van der Waals surface area contributed by atoms with Gasteiger partial charge < -0.3 is 23.2 Å². The molecule has 0 saturated carbocycles. The van der Waals surface area contributed by atoms with Gasteiger partial charge in [0, 0.05) is 5.56 Å². The lowest BCUT2D eigenvalue weighted by Crippen LogP contribution is -2.11. The van der Waals surface area contributed by atoms with E-state index < -0.39 is 40.1 Å². The predicted octanol–water partition coefficient (Wildman–Crippen LogP) is 1.94. The minimum atomic E-state index is -4.10. The Kier molecular flexibility index (Phi) is 5.98. The molecule has 3 rings (SSSR count). The number of methoxy groups -OCH3 is 1. The molecule has 0 aliphatic rings. The maximum absolute atomic E-state index is 12.4. The number of carbonyl (C=O) groups is 1. The summed E-state index contributed by atoms with van der Waals surface area (Å²) in [6.45, 7) is -3.47. The van der Waals surface area contributed by atoms with Crippen molar-refractivity contribution in [2.24, 2.45) is 5.14 Å². The molecule has 0 atom stereocenters. The third kappa shape index (κ3) is 4.90. The van der Waals surface area contributed by atoms with Gasteiger partial charge in [0.05, 0.1) is 7.11 Å². The van der Waals surface area contributed by atoms with E-state index in [1.165, 1.54) is 25.3 Å². The Morgan fingerprint density at radius 3 is 2.63 bits per heavy atom. The number of furan rings is 1. The lowest BCUT2D eigenvalue weighted by atomic mass is 10.2. The first-order valence-corrected chi connectivity index (χ1v) is 9.47. The topological polar surface area (TPSA) is 157 Å². The maximum Gasteiger partial charge on any atom is 0.387 e. The summed E-state index contributed by atoms with van der Waals surface area (Å²) in [5, 5.41) is 7.99. The highest BCUT2D eigenvalue weighted by molar-refractivity contribution is 7.89. The summed E-state index contributed by atoms with van der Waals surface area (Å²) in [7, 11) is -2.83. The molecule has 0 aliphatic carbocycles. The minimum absolute atomic E-state index is 0.0223. The zero-order valence-electron chi connectivity index (χ0n) is 15.1. The molecule has 11 nitrogen and oxygen atoms in total. The number of nitrogens with zero attached hydrogens (tertiary/aromatic N) is 2. The number of ether oxygens (including phenoxy) is 3. The Morgan fingerprint density at radius 1 is 1.23 bits per heavy atom. The van der Waals surface area contributed by atoms with Crippen LogP contribution < -0.4 is 14.6 Å². The van der Waals surface area contributed by atoms with Crippen LogP contribution in [0.5, 0.6) is 11.5 Å². The molecule has 0 saturated heterocycles. The molecule has 0 unspecified atom stereocenters. The second-order valence-electron chi connectivity index (χ2n) is 5.50. The predicted molar refractivity (Wildman–Crippen MR) is 92.1 cm³/mol. The molecule has 2 N–H and O–H groups in total. The molecular formula is C16H13F2N3O8S. The number of carbonyl (C=O) groups excluding carboxylic acids is 1. The largest absolute Gasteiger partial charge is 0.493 e. The third-order valence-corrected chi connectivity index (χ3v) is 4.28. The van der Waals surface area contributed by atoms with Crippen molar-refractivity contribution >= 4 is 16.0 Å². The molecule has 0 spiro atoms. The van der Waals surface area contributed by atoms with E-state index in [1.807, 2.05) is 0 Å². The van der Waals surface area contributed by atoms with Crippen LogP contribution in [0.4, 0.5) is 8.78 Å². The molecule has 0 aliphatic heterocycles. The second-order valence-corrected chi connectivity index (χ2v) is 6.99. The van der Waals surface area contributed by atoms with Gasteiger partial charge in [-0.15, -0.1) is 0 Å². The summed E-state index contributed by atoms with van der Waals surface area (Å²) in [5.41, 5.74) is 0.360. The summed E-state index contributed by atoms with van der Waals surface area (Å²) in [5.74, 6) is -1.56. The Bertz CT molecular complexity index is 1160. The van der Waals surface area contributed by atoms with Crippen molar-refractivity contribution in [1.82, 2.24) is 10.1 Å². The Balaban J connectivity index is 1.68. The summed E-state index contributed by atoms with van der Waals surface area (Å²) >= 11 is 0. The highest BCUT2D eigenvalue weighted by Crippen LogP contribution is 2.32. The van der Waals surface area contributed by atoms with Crippen LogP contribution in [0.3, 0.4) is 0 Å². The van der Waals surface area contributed by atoms with Crippen LogP contribution in [0.1, 0.15) is 16.4 Å². The monoisotopic (exact) mass is 445 g/mol. The zero-order valence-corrected chi connectivity index (χ0v) is 15.9. The highest BCUT2D eigenvalue weighted by Gasteiger charge is 2.20. The molecule has 14 heteroatoms. The van der Waals surface area contributed by atoms with Crippen molar-refractivity contribution in [3.63, 3.8) is 0 Å². The molecule has 1 aromatic carbocycles. The molecule has 0 fully saturated rings. The average molecular weight is 445 g/mol. The molecule has 3 aromatic rings. The van der Waals surface area contributed by atoms with E-state index in [2.05, 4.69) is 14.9 Å². The first-order valence-electron chi connectivity index (χ1n) is 7.93. The fraction of sp³-hybridized carbons (Fsp3) is 0.188. The number of rotatable bonds is 8. The van der Waals surface area contributed by atoms with Gasteiger partial charge in [0.2, 0.25) is 16.7 Å². The van der Waals surface area contributed by atoms with Crippen molar-refractivity contribution in [2.45, 2.75) is 18.3 Å². The summed E-state index contributed by atoms with van der Waals surface area (Å²) in [6.07, 6.45) is 0. The van der Waals surface area contributed by atoms with Gasteiger partial charge in [-0.3, -0.25) is 0 Å². The minimum Gasteiger partial charge on any atom is -0.493 e. The van der Waals surface area contributed by atoms with Crippen molar-refractivity contribution in [1.29, 1.82) is 0 Å². The molecule has 30 heavy (non-hydrogen) atoms. The van der Waals surface area contributed by atoms with E-state index >= 15 is 0 Å². The SMILES string of the molecule is COc1cc(-c2noc(COC(=O)c3ccc(S(N)(=O)=O)o3)n2)ccc1OC(F)F. The number of hydrogen-bond acceptors (Lipinski definition) is 10. The highest BCUT2D eigenvalue weighted by atomic mass is 32.2. The number of sulfonamides is 1. The number of hydrogen-bond donors (Lipinski definition) is 1. The lowest BCUT2D eigenvalue weighted by molar-refractivity contribution is -0.0512. The summed E-state index contributed by atoms with van der Waals surface area (Å²) in [6, 6.07) is 6.09. The quantitative estimate of drug-likeness (QED) is 0.508. The van der Waals surface area contributed by atoms with Crippen LogP contribution in [0, 0.1) is 0 Å². The van der Waals surface area contributed by atoms with E-state index in [-0.39, 0.29) is 23.2 Å². The third-order valence-electron chi connectivity index (χ3n) is 3.50. The van der Waals surface area contributed by atoms with Gasteiger partial charge in [0.15, 0.2) is 18.1 Å². The van der Waals surface area contributed by atoms with Gasteiger partial charge in [-0.1, -0.05) is 5.16 Å². The van der Waals surface area contributed by atoms with Crippen molar-refractivity contribution < 1.29 is 45.1 Å². The Hall–Kier alpha value is -3.52. The molecule has 160 valence electrons. The number of primary sulfonamides is 1. The van der Waals surface area contributed by atoms with Crippen LogP contribution in [0.25, 0.3) is 11.4 Å². The van der Waals surface area contributed by atoms with Crippen LogP contribution in [-0.4, -0.2) is 38.2 Å². The summed E-state index contributed by atoms with van der Waals surface area (Å²) in [4.78, 5) is 15.9. The van der Waals surface area contributed by atoms with Gasteiger partial charge >= 0.3 is 12.6 Å². The van der Waals surface area contributed by atoms with Gasteiger partial charge in [0.25, 0.3) is 15.9 Å². The Labute approximate surface area is 167 Å². The van der Waals surface area contributed by atoms with Gasteiger partial charge in [-0.25, -0.2) is 18.4 Å². The van der Waals surface area contributed by atoms with Gasteiger partial charge in [-0.05, 0) is 30.3 Å². The van der Waals surface area contributed by atoms with Crippen LogP contribution in [0.15, 0.2) is 44.4 Å². The van der Waals surface area contributed by atoms with Crippen LogP contribution in [-0.2, 0) is 21.4 Å². The van der Waals surface area contributed by atoms with E-state index in [9.17, 15) is 22.0 Å². The van der Waals surface area contributed by atoms with E-state index in [0.29, 0.717) is 5.56 Å². The number of benzene rings is 1. The number of aromatic nitrogens is 2. The maximum atomic E-state index is 12.4. The molecular weight excluding hydrogens is 432 g/mol. The first-order chi connectivity index (χ1) is 14.2. The van der Waals surface area contributed by atoms with Gasteiger partial charge in [-0.2, -0.15) is 13.8 Å². The number of alkyl halides is 2. The normalized spacial score (nSPS) is 11.5. The van der Waals surface area contributed by atoms with Crippen molar-refractivity contribution in [2.75, 3.05) is 7.11 Å². The smallest absolute Gasteiger partial charge is 0.387 e. The zero-order chi connectivity index (χ0) is 21.9. The average Bonchev–Trinajstić information content (AvgIpc) is 3.35. The van der Waals surface area contributed by atoms with E-state index in [0.717, 1.165) is 12.1 Å². The first kappa shape index (κ1) is 21.2.